The second kappa shape index (κ2) is 6.05. The summed E-state index contributed by atoms with van der Waals surface area (Å²) in [5, 5.41) is 5.52. The zero-order valence-electron chi connectivity index (χ0n) is 12.2. The maximum absolute atomic E-state index is 5.37. The van der Waals surface area contributed by atoms with Crippen LogP contribution < -0.4 is 14.8 Å². The number of hydrogen-bond donors (Lipinski definition) is 1. The number of thiophene rings is 2. The summed E-state index contributed by atoms with van der Waals surface area (Å²) >= 11 is 3.60. The molecule has 2 aromatic heterocycles. The van der Waals surface area contributed by atoms with E-state index in [1.807, 2.05) is 24.5 Å². The Labute approximate surface area is 132 Å². The van der Waals surface area contributed by atoms with Gasteiger partial charge in [-0.3, -0.25) is 0 Å². The van der Waals surface area contributed by atoms with Crippen LogP contribution in [0.15, 0.2) is 35.7 Å². The van der Waals surface area contributed by atoms with Crippen molar-refractivity contribution in [1.29, 1.82) is 0 Å². The van der Waals surface area contributed by atoms with Gasteiger partial charge in [-0.2, -0.15) is 0 Å². The molecular formula is C16H17NO2S2. The predicted octanol–water partition coefficient (Wildman–Crippen LogP) is 4.29. The standard InChI is InChI=1S/C16H17NO2S2/c1-17-16(15-9-14-13(21-15)4-5-20-14)10-6-11(18-2)8-12(7-10)19-3/h4-9,16-17H,1-3H3. The molecule has 0 aliphatic rings. The molecule has 0 saturated heterocycles. The first kappa shape index (κ1) is 14.4. The molecule has 1 unspecified atom stereocenters. The molecule has 3 aromatic rings. The fourth-order valence-corrected chi connectivity index (χ4v) is 4.65. The zero-order chi connectivity index (χ0) is 14.8. The Morgan fingerprint density at radius 2 is 1.71 bits per heavy atom. The summed E-state index contributed by atoms with van der Waals surface area (Å²) in [6.45, 7) is 0. The number of methoxy groups -OCH3 is 2. The lowest BCUT2D eigenvalue weighted by Crippen LogP contribution is -2.16. The monoisotopic (exact) mass is 319 g/mol. The molecule has 21 heavy (non-hydrogen) atoms. The van der Waals surface area contributed by atoms with Crippen molar-refractivity contribution in [1.82, 2.24) is 5.32 Å². The highest BCUT2D eigenvalue weighted by Gasteiger charge is 2.17. The first-order chi connectivity index (χ1) is 10.2. The lowest BCUT2D eigenvalue weighted by molar-refractivity contribution is 0.392. The third-order valence-electron chi connectivity index (χ3n) is 3.44. The van der Waals surface area contributed by atoms with Gasteiger partial charge in [-0.1, -0.05) is 0 Å². The van der Waals surface area contributed by atoms with Crippen molar-refractivity contribution in [3.63, 3.8) is 0 Å². The van der Waals surface area contributed by atoms with E-state index in [1.54, 1.807) is 25.6 Å². The van der Waals surface area contributed by atoms with Crippen molar-refractivity contribution in [2.45, 2.75) is 6.04 Å². The molecule has 0 aliphatic heterocycles. The fraction of sp³-hybridized carbons (Fsp3) is 0.250. The highest BCUT2D eigenvalue weighted by Crippen LogP contribution is 2.37. The highest BCUT2D eigenvalue weighted by atomic mass is 32.1. The number of fused-ring (bicyclic) bond motifs is 1. The topological polar surface area (TPSA) is 30.5 Å². The molecular weight excluding hydrogens is 302 g/mol. The summed E-state index contributed by atoms with van der Waals surface area (Å²) in [5.74, 6) is 1.62. The molecule has 3 rings (SSSR count). The maximum atomic E-state index is 5.37. The van der Waals surface area contributed by atoms with Crippen LogP contribution in [0.2, 0.25) is 0 Å². The van der Waals surface area contributed by atoms with Crippen LogP contribution in [0, 0.1) is 0 Å². The smallest absolute Gasteiger partial charge is 0.122 e. The van der Waals surface area contributed by atoms with Gasteiger partial charge in [0.15, 0.2) is 0 Å². The number of benzene rings is 1. The SMILES string of the molecule is CNC(c1cc(OC)cc(OC)c1)c1cc2sccc2s1. The number of nitrogens with one attached hydrogen (secondary N) is 1. The van der Waals surface area contributed by atoms with Crippen molar-refractivity contribution < 1.29 is 9.47 Å². The normalized spacial score (nSPS) is 12.5. The minimum atomic E-state index is 0.138. The van der Waals surface area contributed by atoms with Crippen molar-refractivity contribution in [3.05, 3.63) is 46.2 Å². The third kappa shape index (κ3) is 2.77. The Balaban J connectivity index is 2.04. The van der Waals surface area contributed by atoms with Gasteiger partial charge in [0.05, 0.1) is 20.3 Å². The van der Waals surface area contributed by atoms with E-state index in [1.165, 1.54) is 14.3 Å². The molecule has 5 heteroatoms. The lowest BCUT2D eigenvalue weighted by Gasteiger charge is -2.17. The summed E-state index contributed by atoms with van der Waals surface area (Å²) in [6.07, 6.45) is 0. The molecule has 1 atom stereocenters. The Bertz CT molecular complexity index is 697. The molecule has 1 N–H and O–H groups in total. The first-order valence-electron chi connectivity index (χ1n) is 6.62. The maximum Gasteiger partial charge on any atom is 0.122 e. The van der Waals surface area contributed by atoms with Crippen molar-refractivity contribution in [3.8, 4) is 11.5 Å². The molecule has 0 amide bonds. The van der Waals surface area contributed by atoms with Gasteiger partial charge in [0.2, 0.25) is 0 Å². The van der Waals surface area contributed by atoms with Gasteiger partial charge in [0.25, 0.3) is 0 Å². The predicted molar refractivity (Wildman–Crippen MR) is 90.2 cm³/mol. The molecule has 0 fully saturated rings. The van der Waals surface area contributed by atoms with Gasteiger partial charge in [-0.25, -0.2) is 0 Å². The van der Waals surface area contributed by atoms with Gasteiger partial charge in [-0.15, -0.1) is 22.7 Å². The number of hydrogen-bond acceptors (Lipinski definition) is 5. The highest BCUT2D eigenvalue weighted by molar-refractivity contribution is 7.27. The van der Waals surface area contributed by atoms with Crippen LogP contribution >= 0.6 is 22.7 Å². The molecule has 0 aliphatic carbocycles. The van der Waals surface area contributed by atoms with Crippen LogP contribution in [0.3, 0.4) is 0 Å². The minimum absolute atomic E-state index is 0.138. The van der Waals surface area contributed by atoms with E-state index in [2.05, 4.69) is 35.0 Å². The van der Waals surface area contributed by atoms with E-state index in [4.69, 9.17) is 9.47 Å². The Morgan fingerprint density at radius 1 is 1.00 bits per heavy atom. The lowest BCUT2D eigenvalue weighted by atomic mass is 10.0. The van der Waals surface area contributed by atoms with Crippen LogP contribution in [0.25, 0.3) is 9.40 Å². The van der Waals surface area contributed by atoms with E-state index in [9.17, 15) is 0 Å². The summed E-state index contributed by atoms with van der Waals surface area (Å²) < 4.78 is 13.4. The fourth-order valence-electron chi connectivity index (χ4n) is 2.40. The van der Waals surface area contributed by atoms with Crippen LogP contribution in [-0.4, -0.2) is 21.3 Å². The molecule has 2 heterocycles. The van der Waals surface area contributed by atoms with Crippen molar-refractivity contribution >= 4 is 32.1 Å². The largest absolute Gasteiger partial charge is 0.497 e. The molecule has 3 nitrogen and oxygen atoms in total. The molecule has 110 valence electrons. The van der Waals surface area contributed by atoms with Crippen LogP contribution in [-0.2, 0) is 0 Å². The van der Waals surface area contributed by atoms with Crippen molar-refractivity contribution in [2.75, 3.05) is 21.3 Å². The van der Waals surface area contributed by atoms with E-state index >= 15 is 0 Å². The molecule has 0 bridgehead atoms. The third-order valence-corrected chi connectivity index (χ3v) is 5.60. The van der Waals surface area contributed by atoms with Crippen molar-refractivity contribution in [2.24, 2.45) is 0 Å². The average Bonchev–Trinajstić information content (AvgIpc) is 3.09. The number of ether oxygens (including phenoxy) is 2. The van der Waals surface area contributed by atoms with Gasteiger partial charge in [0.1, 0.15) is 11.5 Å². The summed E-state index contributed by atoms with van der Waals surface area (Å²) in [5.41, 5.74) is 1.14. The average molecular weight is 319 g/mol. The second-order valence-corrected chi connectivity index (χ2v) is 6.73. The Kier molecular flexibility index (Phi) is 4.14. The molecule has 0 spiro atoms. The van der Waals surface area contributed by atoms with E-state index < -0.39 is 0 Å². The summed E-state index contributed by atoms with van der Waals surface area (Å²) in [4.78, 5) is 1.30. The quantitative estimate of drug-likeness (QED) is 0.761. The summed E-state index contributed by atoms with van der Waals surface area (Å²) in [6, 6.07) is 10.6. The Morgan fingerprint density at radius 3 is 2.29 bits per heavy atom. The van der Waals surface area contributed by atoms with Gasteiger partial charge in [-0.05, 0) is 42.3 Å². The van der Waals surface area contributed by atoms with E-state index in [-0.39, 0.29) is 6.04 Å². The van der Waals surface area contributed by atoms with E-state index in [0.29, 0.717) is 0 Å². The minimum Gasteiger partial charge on any atom is -0.497 e. The van der Waals surface area contributed by atoms with Gasteiger partial charge >= 0.3 is 0 Å². The van der Waals surface area contributed by atoms with Crippen LogP contribution in [0.1, 0.15) is 16.5 Å². The van der Waals surface area contributed by atoms with Gasteiger partial charge in [0, 0.05) is 20.3 Å². The summed E-state index contributed by atoms with van der Waals surface area (Å²) in [7, 11) is 5.33. The first-order valence-corrected chi connectivity index (χ1v) is 8.32. The van der Waals surface area contributed by atoms with E-state index in [0.717, 1.165) is 17.1 Å². The van der Waals surface area contributed by atoms with Crippen LogP contribution in [0.5, 0.6) is 11.5 Å². The molecule has 1 aromatic carbocycles. The Hall–Kier alpha value is -1.56. The van der Waals surface area contributed by atoms with Gasteiger partial charge < -0.3 is 14.8 Å². The zero-order valence-corrected chi connectivity index (χ0v) is 13.8. The second-order valence-electron chi connectivity index (χ2n) is 4.67. The molecule has 0 saturated carbocycles. The number of rotatable bonds is 5. The van der Waals surface area contributed by atoms with Crippen LogP contribution in [0.4, 0.5) is 0 Å². The molecule has 0 radical (unpaired) electrons.